The van der Waals surface area contributed by atoms with Gasteiger partial charge in [0.25, 0.3) is 0 Å². The first-order valence-corrected chi connectivity index (χ1v) is 10.3. The van der Waals surface area contributed by atoms with Gasteiger partial charge in [-0.05, 0) is 0 Å². The summed E-state index contributed by atoms with van der Waals surface area (Å²) in [7, 11) is 0. The number of nitrogen functional groups attached to an aromatic ring is 1. The fourth-order valence-corrected chi connectivity index (χ4v) is 4.81. The van der Waals surface area contributed by atoms with E-state index in [9.17, 15) is 4.79 Å². The van der Waals surface area contributed by atoms with Gasteiger partial charge < -0.3 is 0 Å². The van der Waals surface area contributed by atoms with Crippen LogP contribution < -0.4 is 15.5 Å². The average Bonchev–Trinajstić information content (AvgIpc) is 3.10. The number of rotatable bonds is 5. The molecule has 5 nitrogen and oxygen atoms in total. The van der Waals surface area contributed by atoms with Gasteiger partial charge in [-0.3, -0.25) is 0 Å². The van der Waals surface area contributed by atoms with Gasteiger partial charge in [-0.2, -0.15) is 0 Å². The molecule has 0 aliphatic rings. The van der Waals surface area contributed by atoms with Crippen molar-refractivity contribution in [1.82, 2.24) is 4.98 Å². The second kappa shape index (κ2) is 7.51. The number of carbonyl (C=O) groups is 1. The van der Waals surface area contributed by atoms with Crippen molar-refractivity contribution in [2.45, 2.75) is 5.21 Å². The molecule has 1 aromatic carbocycles. The normalized spacial score (nSPS) is 11.0. The number of nitrogens with two attached hydrogens (primary N) is 1. The molecule has 3 aromatic rings. The molecule has 0 atom stereocenters. The van der Waals surface area contributed by atoms with Crippen LogP contribution in [0.5, 0.6) is 0 Å². The third-order valence-corrected chi connectivity index (χ3v) is 6.55. The van der Waals surface area contributed by atoms with Crippen LogP contribution in [0.1, 0.15) is 5.56 Å². The van der Waals surface area contributed by atoms with Crippen LogP contribution in [-0.2, 0) is 5.21 Å². The summed E-state index contributed by atoms with van der Waals surface area (Å²) in [4.78, 5) is 16.2. The second-order valence-electron chi connectivity index (χ2n) is 5.02. The Morgan fingerprint density at radius 1 is 1.21 bits per heavy atom. The molecule has 3 rings (SSSR count). The van der Waals surface area contributed by atoms with Crippen LogP contribution in [0.2, 0.25) is 0 Å². The first kappa shape index (κ1) is 16.6. The van der Waals surface area contributed by atoms with Gasteiger partial charge in [0.2, 0.25) is 0 Å². The number of benzene rings is 1. The van der Waals surface area contributed by atoms with Crippen LogP contribution in [0.3, 0.4) is 0 Å². The number of nitrogens with zero attached hydrogens (tertiary/aromatic N) is 1. The molecule has 121 valence electrons. The third-order valence-electron chi connectivity index (χ3n) is 3.33. The molecule has 0 spiro atoms. The molecule has 1 radical (unpaired) electrons. The van der Waals surface area contributed by atoms with E-state index in [1.807, 2.05) is 6.07 Å². The van der Waals surface area contributed by atoms with E-state index in [1.165, 1.54) is 16.0 Å². The topological polar surface area (TPSA) is 88.2 Å². The first-order valence-electron chi connectivity index (χ1n) is 7.18. The van der Waals surface area contributed by atoms with E-state index in [4.69, 9.17) is 10.8 Å². The number of anilines is 2. The van der Waals surface area contributed by atoms with Crippen molar-refractivity contribution in [1.29, 1.82) is 0 Å². The maximum atomic E-state index is 10.6. The average molecular weight is 400 g/mol. The van der Waals surface area contributed by atoms with Crippen LogP contribution in [0.15, 0.2) is 53.9 Å². The molecule has 24 heavy (non-hydrogen) atoms. The molecule has 2 aromatic heterocycles. The van der Waals surface area contributed by atoms with Crippen molar-refractivity contribution >= 4 is 49.2 Å². The quantitative estimate of drug-likeness (QED) is 0.575. The Morgan fingerprint density at radius 3 is 2.62 bits per heavy atom. The molecule has 0 unspecified atom stereocenters. The molecule has 7 heteroatoms. The predicted molar refractivity (Wildman–Crippen MR) is 99.1 cm³/mol. The molecular weight excluding hydrogens is 385 g/mol. The zero-order chi connectivity index (χ0) is 16.9. The zero-order valence-corrected chi connectivity index (χ0v) is 15.3. The zero-order valence-electron chi connectivity index (χ0n) is 12.6. The molecular formula is C17H15AsN3O2S. The summed E-state index contributed by atoms with van der Waals surface area (Å²) in [5.74, 6) is 0.221. The standard InChI is InChI=1S/C17H15AsN3O2S/c19-16-13(20-17(22)23)7-8-15(21-16)18-10-11-3-5-12(6-4-11)14-2-1-9-24-14/h1-9,20H,10H2,(H2,19,21)(H,22,23). The summed E-state index contributed by atoms with van der Waals surface area (Å²) in [5.41, 5.74) is 8.62. The molecule has 0 fully saturated rings. The minimum atomic E-state index is -1.14. The predicted octanol–water partition coefficient (Wildman–Crippen LogP) is 3.01. The van der Waals surface area contributed by atoms with Crippen LogP contribution in [0.4, 0.5) is 16.3 Å². The van der Waals surface area contributed by atoms with Crippen molar-refractivity contribution < 1.29 is 9.90 Å². The number of hydrogen-bond acceptors (Lipinski definition) is 4. The van der Waals surface area contributed by atoms with E-state index in [0.717, 1.165) is 9.69 Å². The number of aromatic nitrogens is 1. The molecule has 0 saturated heterocycles. The summed E-state index contributed by atoms with van der Waals surface area (Å²) >= 11 is 1.57. The van der Waals surface area contributed by atoms with Crippen LogP contribution in [-0.4, -0.2) is 31.9 Å². The summed E-state index contributed by atoms with van der Waals surface area (Å²) in [6, 6.07) is 16.3. The van der Waals surface area contributed by atoms with Gasteiger partial charge in [0.15, 0.2) is 0 Å². The number of hydrogen-bond donors (Lipinski definition) is 3. The van der Waals surface area contributed by atoms with Crippen molar-refractivity contribution in [2.75, 3.05) is 11.1 Å². The maximum absolute atomic E-state index is 10.6. The van der Waals surface area contributed by atoms with Crippen molar-refractivity contribution in [3.8, 4) is 10.4 Å². The Morgan fingerprint density at radius 2 is 2.00 bits per heavy atom. The Hall–Kier alpha value is -2.30. The molecule has 0 saturated carbocycles. The van der Waals surface area contributed by atoms with Gasteiger partial charge >= 0.3 is 150 Å². The third kappa shape index (κ3) is 4.16. The summed E-state index contributed by atoms with van der Waals surface area (Å²) < 4.78 is 0.932. The van der Waals surface area contributed by atoms with E-state index < -0.39 is 6.09 Å². The Bertz CT molecular complexity index is 836. The number of carboxylic acid groups (broad SMARTS) is 1. The Kier molecular flexibility index (Phi) is 5.18. The monoisotopic (exact) mass is 400 g/mol. The SMILES string of the molecule is Nc1nc([As]Cc2ccc(-c3cccs3)cc2)ccc1NC(=O)O. The van der Waals surface area contributed by atoms with E-state index >= 15 is 0 Å². The van der Waals surface area contributed by atoms with Crippen LogP contribution in [0, 0.1) is 0 Å². The van der Waals surface area contributed by atoms with Gasteiger partial charge in [0.05, 0.1) is 0 Å². The number of nitrogens with one attached hydrogen (secondary N) is 1. The second-order valence-corrected chi connectivity index (χ2v) is 8.26. The van der Waals surface area contributed by atoms with Gasteiger partial charge in [-0.1, -0.05) is 0 Å². The van der Waals surface area contributed by atoms with Crippen LogP contribution in [0.25, 0.3) is 10.4 Å². The summed E-state index contributed by atoms with van der Waals surface area (Å²) in [6.45, 7) is 0. The van der Waals surface area contributed by atoms with Gasteiger partial charge in [0, 0.05) is 0 Å². The van der Waals surface area contributed by atoms with E-state index in [1.54, 1.807) is 17.4 Å². The minimum absolute atomic E-state index is 0.164. The molecule has 0 aliphatic carbocycles. The molecule has 0 bridgehead atoms. The van der Waals surface area contributed by atoms with Crippen molar-refractivity contribution in [3.05, 3.63) is 59.5 Å². The van der Waals surface area contributed by atoms with Crippen molar-refractivity contribution in [2.24, 2.45) is 0 Å². The number of pyridine rings is 1. The molecule has 2 heterocycles. The van der Waals surface area contributed by atoms with Gasteiger partial charge in [0.1, 0.15) is 0 Å². The van der Waals surface area contributed by atoms with Crippen LogP contribution >= 0.6 is 11.3 Å². The summed E-state index contributed by atoms with van der Waals surface area (Å²) in [5, 5.41) is 14.0. The molecule has 0 aliphatic heterocycles. The number of thiophene rings is 1. The van der Waals surface area contributed by atoms with E-state index in [0.29, 0.717) is 5.69 Å². The molecule has 4 N–H and O–H groups in total. The van der Waals surface area contributed by atoms with E-state index in [-0.39, 0.29) is 21.6 Å². The number of amides is 1. The Balaban J connectivity index is 1.63. The summed E-state index contributed by atoms with van der Waals surface area (Å²) in [6.07, 6.45) is -1.14. The fourth-order valence-electron chi connectivity index (χ4n) is 2.16. The van der Waals surface area contributed by atoms with Crippen molar-refractivity contribution in [3.63, 3.8) is 0 Å². The first-order chi connectivity index (χ1) is 11.6. The van der Waals surface area contributed by atoms with Gasteiger partial charge in [-0.15, -0.1) is 0 Å². The fraction of sp³-hybridized carbons (Fsp3) is 0.0588. The van der Waals surface area contributed by atoms with Gasteiger partial charge in [-0.25, -0.2) is 0 Å². The van der Waals surface area contributed by atoms with E-state index in [2.05, 4.69) is 52.1 Å². The molecule has 1 amide bonds. The Labute approximate surface area is 150 Å².